The molecule has 1 aromatic heterocycles. The number of methoxy groups -OCH3 is 1. The summed E-state index contributed by atoms with van der Waals surface area (Å²) in [5.74, 6) is 6.26. The van der Waals surface area contributed by atoms with E-state index in [2.05, 4.69) is 39.8 Å². The average Bonchev–Trinajstić information content (AvgIpc) is 2.88. The summed E-state index contributed by atoms with van der Waals surface area (Å²) in [5.41, 5.74) is 2.68. The summed E-state index contributed by atoms with van der Waals surface area (Å²) in [7, 11) is 3.67. The number of nitrogens with zero attached hydrogens (tertiary/aromatic N) is 2. The van der Waals surface area contributed by atoms with Gasteiger partial charge in [0.1, 0.15) is 0 Å². The molecule has 3 N–H and O–H groups in total. The molecule has 0 saturated heterocycles. The molecule has 0 saturated carbocycles. The Morgan fingerprint density at radius 3 is 2.84 bits per heavy atom. The van der Waals surface area contributed by atoms with Crippen molar-refractivity contribution in [1.82, 2.24) is 10.3 Å². The minimum Gasteiger partial charge on any atom is -0.382 e. The molecule has 0 spiro atoms. The number of hydrogen-bond donors (Lipinski definition) is 2. The summed E-state index contributed by atoms with van der Waals surface area (Å²) in [5, 5.41) is 2.10. The molecule has 1 rings (SSSR count). The quantitative estimate of drug-likeness (QED) is 0.359. The van der Waals surface area contributed by atoms with E-state index in [-0.39, 0.29) is 6.04 Å². The maximum Gasteiger partial charge on any atom is 0.208 e. The van der Waals surface area contributed by atoms with Gasteiger partial charge in [-0.1, -0.05) is 6.07 Å². The van der Waals surface area contributed by atoms with Crippen LogP contribution in [-0.4, -0.2) is 43.7 Å². The lowest BCUT2D eigenvalue weighted by Crippen LogP contribution is -2.47. The van der Waals surface area contributed by atoms with E-state index in [4.69, 9.17) is 10.6 Å². The van der Waals surface area contributed by atoms with E-state index < -0.39 is 0 Å². The van der Waals surface area contributed by atoms with Gasteiger partial charge in [0.15, 0.2) is 0 Å². The minimum absolute atomic E-state index is 0.0763. The van der Waals surface area contributed by atoms with Gasteiger partial charge in [-0.15, -0.1) is 11.3 Å². The summed E-state index contributed by atoms with van der Waals surface area (Å²) in [6.07, 6.45) is 0.980. The topological polar surface area (TPSA) is 62.9 Å². The van der Waals surface area contributed by atoms with Crippen LogP contribution >= 0.6 is 11.3 Å². The van der Waals surface area contributed by atoms with Crippen molar-refractivity contribution in [2.45, 2.75) is 32.4 Å². The summed E-state index contributed by atoms with van der Waals surface area (Å²) in [4.78, 5) is 7.94. The largest absolute Gasteiger partial charge is 0.382 e. The Bertz CT molecular complexity index is 380. The first-order valence-corrected chi connectivity index (χ1v) is 7.25. The number of aliphatic imine (C=N–C) groups is 1. The molecular weight excluding hydrogens is 260 g/mol. The van der Waals surface area contributed by atoms with Crippen molar-refractivity contribution in [1.29, 1.82) is 0 Å². The van der Waals surface area contributed by atoms with Gasteiger partial charge in [-0.25, -0.2) is 10.8 Å². The molecule has 0 aliphatic carbocycles. The van der Waals surface area contributed by atoms with Crippen LogP contribution in [0.15, 0.2) is 22.5 Å². The van der Waals surface area contributed by atoms with Crippen LogP contribution in [0.2, 0.25) is 0 Å². The number of rotatable bonds is 6. The monoisotopic (exact) mass is 284 g/mol. The van der Waals surface area contributed by atoms with Gasteiger partial charge in [0.25, 0.3) is 0 Å². The number of thiophene rings is 1. The number of nitrogens with two attached hydrogens (primary N) is 1. The molecule has 0 amide bonds. The Kier molecular flexibility index (Phi) is 6.83. The number of hydrazine groups is 1. The third-order valence-electron chi connectivity index (χ3n) is 2.95. The molecule has 108 valence electrons. The first kappa shape index (κ1) is 15.9. The number of nitrogens with one attached hydrogen (secondary N) is 1. The molecule has 1 heterocycles. The van der Waals surface area contributed by atoms with Crippen molar-refractivity contribution in [3.63, 3.8) is 0 Å². The molecule has 0 aliphatic rings. The zero-order valence-corrected chi connectivity index (χ0v) is 12.9. The van der Waals surface area contributed by atoms with Gasteiger partial charge < -0.3 is 9.64 Å². The van der Waals surface area contributed by atoms with Gasteiger partial charge in [0.2, 0.25) is 5.96 Å². The summed E-state index contributed by atoms with van der Waals surface area (Å²) < 4.78 is 5.08. The van der Waals surface area contributed by atoms with E-state index in [9.17, 15) is 0 Å². The second-order valence-corrected chi connectivity index (χ2v) is 5.68. The van der Waals surface area contributed by atoms with Crippen LogP contribution in [0.1, 0.15) is 18.7 Å². The third kappa shape index (κ3) is 5.18. The Hall–Kier alpha value is -1.11. The standard InChI is InChI=1S/C13H24N4OS/c1-10(9-18-4)15-13(16-14)17(3)11(2)8-12-6-5-7-19-12/h5-7,10-11H,8-9,14H2,1-4H3,(H,15,16). The average molecular weight is 284 g/mol. The molecule has 0 radical (unpaired) electrons. The van der Waals surface area contributed by atoms with E-state index >= 15 is 0 Å². The van der Waals surface area contributed by atoms with Crippen LogP contribution in [0, 0.1) is 0 Å². The number of likely N-dealkylation sites (N-methyl/N-ethyl adjacent to an activating group) is 1. The fourth-order valence-electron chi connectivity index (χ4n) is 1.78. The molecule has 2 atom stereocenters. The Morgan fingerprint density at radius 1 is 1.58 bits per heavy atom. The lowest BCUT2D eigenvalue weighted by Gasteiger charge is -2.28. The predicted octanol–water partition coefficient (Wildman–Crippen LogP) is 1.47. The van der Waals surface area contributed by atoms with Crippen molar-refractivity contribution in [3.05, 3.63) is 22.4 Å². The van der Waals surface area contributed by atoms with Crippen LogP contribution in [0.25, 0.3) is 0 Å². The predicted molar refractivity (Wildman–Crippen MR) is 81.3 cm³/mol. The van der Waals surface area contributed by atoms with E-state index in [1.54, 1.807) is 18.4 Å². The lowest BCUT2D eigenvalue weighted by molar-refractivity contribution is 0.185. The van der Waals surface area contributed by atoms with Gasteiger partial charge in [-0.05, 0) is 25.3 Å². The van der Waals surface area contributed by atoms with E-state index in [0.29, 0.717) is 18.6 Å². The zero-order valence-electron chi connectivity index (χ0n) is 12.1. The van der Waals surface area contributed by atoms with E-state index in [1.165, 1.54) is 4.88 Å². The highest BCUT2D eigenvalue weighted by molar-refractivity contribution is 7.09. The number of hydrogen-bond acceptors (Lipinski definition) is 4. The molecule has 0 fully saturated rings. The van der Waals surface area contributed by atoms with Crippen molar-refractivity contribution >= 4 is 17.3 Å². The second-order valence-electron chi connectivity index (χ2n) is 4.64. The normalized spacial score (nSPS) is 15.1. The highest BCUT2D eigenvalue weighted by Gasteiger charge is 2.15. The molecule has 0 bridgehead atoms. The van der Waals surface area contributed by atoms with Gasteiger partial charge in [-0.3, -0.25) is 5.43 Å². The van der Waals surface area contributed by atoms with Crippen LogP contribution in [-0.2, 0) is 11.2 Å². The minimum atomic E-state index is 0.0763. The SMILES string of the molecule is COCC(C)N=C(NN)N(C)C(C)Cc1cccs1. The molecular formula is C13H24N4OS. The summed E-state index contributed by atoms with van der Waals surface area (Å²) >= 11 is 1.77. The van der Waals surface area contributed by atoms with Crippen molar-refractivity contribution in [2.24, 2.45) is 10.8 Å². The summed E-state index contributed by atoms with van der Waals surface area (Å²) in [6.45, 7) is 4.74. The smallest absolute Gasteiger partial charge is 0.208 e. The van der Waals surface area contributed by atoms with Crippen LogP contribution < -0.4 is 11.3 Å². The molecule has 0 aromatic carbocycles. The Labute approximate surface area is 119 Å². The Balaban J connectivity index is 2.63. The molecule has 1 aromatic rings. The molecule has 5 nitrogen and oxygen atoms in total. The maximum absolute atomic E-state index is 5.57. The number of ether oxygens (including phenoxy) is 1. The van der Waals surface area contributed by atoms with Crippen molar-refractivity contribution in [3.8, 4) is 0 Å². The maximum atomic E-state index is 5.57. The molecule has 0 aliphatic heterocycles. The van der Waals surface area contributed by atoms with Gasteiger partial charge in [-0.2, -0.15) is 0 Å². The summed E-state index contributed by atoms with van der Waals surface area (Å²) in [6, 6.07) is 4.62. The van der Waals surface area contributed by atoms with Crippen LogP contribution in [0.5, 0.6) is 0 Å². The Morgan fingerprint density at radius 2 is 2.32 bits per heavy atom. The van der Waals surface area contributed by atoms with Crippen molar-refractivity contribution in [2.75, 3.05) is 20.8 Å². The molecule has 2 unspecified atom stereocenters. The fourth-order valence-corrected chi connectivity index (χ4v) is 2.61. The number of guanidine groups is 1. The van der Waals surface area contributed by atoms with Crippen molar-refractivity contribution < 1.29 is 4.74 Å². The molecule has 6 heteroatoms. The van der Waals surface area contributed by atoms with Crippen LogP contribution in [0.4, 0.5) is 0 Å². The fraction of sp³-hybridized carbons (Fsp3) is 0.615. The third-order valence-corrected chi connectivity index (χ3v) is 3.85. The van der Waals surface area contributed by atoms with Crippen LogP contribution in [0.3, 0.4) is 0 Å². The highest BCUT2D eigenvalue weighted by Crippen LogP contribution is 2.13. The van der Waals surface area contributed by atoms with E-state index in [0.717, 1.165) is 6.42 Å². The van der Waals surface area contributed by atoms with Gasteiger partial charge in [0.05, 0.1) is 12.6 Å². The van der Waals surface area contributed by atoms with E-state index in [1.807, 2.05) is 14.0 Å². The second kappa shape index (κ2) is 8.14. The first-order valence-electron chi connectivity index (χ1n) is 6.37. The highest BCUT2D eigenvalue weighted by atomic mass is 32.1. The van der Waals surface area contributed by atoms with Gasteiger partial charge in [0, 0.05) is 31.5 Å². The first-order chi connectivity index (χ1) is 9.08. The van der Waals surface area contributed by atoms with Gasteiger partial charge >= 0.3 is 0 Å². The zero-order chi connectivity index (χ0) is 14.3. The molecule has 19 heavy (non-hydrogen) atoms. The lowest BCUT2D eigenvalue weighted by atomic mass is 10.2.